The maximum atomic E-state index is 11.2. The van der Waals surface area contributed by atoms with Crippen molar-refractivity contribution in [1.29, 1.82) is 0 Å². The van der Waals surface area contributed by atoms with Crippen molar-refractivity contribution in [3.8, 4) is 0 Å². The minimum Gasteiger partial charge on any atom is -0.479 e. The van der Waals surface area contributed by atoms with E-state index in [9.17, 15) is 20.1 Å². The summed E-state index contributed by atoms with van der Waals surface area (Å²) >= 11 is 0. The standard InChI is InChI=1S/C16H26O7/c1-15(2)7-4-5-16(15,3)8(6-7)22-14-11(19)9(17)10(18)12(23-14)13(20)21/h7-12,14,17-19H,4-6H2,1-3H3,(H,20,21)/t7-,8+,9+,10-,11+,12+,14+,16+/m0/s1. The molecule has 7 nitrogen and oxygen atoms in total. The summed E-state index contributed by atoms with van der Waals surface area (Å²) in [5.74, 6) is -0.874. The fourth-order valence-corrected chi connectivity index (χ4v) is 4.66. The average Bonchev–Trinajstić information content (AvgIpc) is 2.80. The predicted octanol–water partition coefficient (Wildman–Crippen LogP) is 0.110. The van der Waals surface area contributed by atoms with Crippen molar-refractivity contribution in [1.82, 2.24) is 0 Å². The van der Waals surface area contributed by atoms with Crippen LogP contribution in [0.1, 0.15) is 40.0 Å². The van der Waals surface area contributed by atoms with Crippen molar-refractivity contribution in [2.75, 3.05) is 0 Å². The number of carboxylic acid groups (broad SMARTS) is 1. The molecule has 8 atom stereocenters. The van der Waals surface area contributed by atoms with Crippen LogP contribution >= 0.6 is 0 Å². The molecule has 132 valence electrons. The van der Waals surface area contributed by atoms with Gasteiger partial charge in [0.15, 0.2) is 12.4 Å². The van der Waals surface area contributed by atoms with E-state index in [2.05, 4.69) is 20.8 Å². The van der Waals surface area contributed by atoms with Crippen molar-refractivity contribution in [3.05, 3.63) is 0 Å². The molecule has 1 saturated heterocycles. The molecule has 3 rings (SSSR count). The lowest BCUT2D eigenvalue weighted by Gasteiger charge is -2.44. The topological polar surface area (TPSA) is 116 Å². The van der Waals surface area contributed by atoms with Crippen LogP contribution in [0.5, 0.6) is 0 Å². The van der Waals surface area contributed by atoms with Crippen molar-refractivity contribution < 1.29 is 34.7 Å². The Balaban J connectivity index is 1.76. The quantitative estimate of drug-likeness (QED) is 0.580. The second-order valence-corrected chi connectivity index (χ2v) is 7.97. The Labute approximate surface area is 135 Å². The second-order valence-electron chi connectivity index (χ2n) is 7.97. The zero-order valence-corrected chi connectivity index (χ0v) is 13.7. The lowest BCUT2D eigenvalue weighted by molar-refractivity contribution is -0.312. The third-order valence-electron chi connectivity index (χ3n) is 6.83. The van der Waals surface area contributed by atoms with Gasteiger partial charge in [-0.2, -0.15) is 0 Å². The normalized spacial score (nSPS) is 51.8. The highest BCUT2D eigenvalue weighted by Gasteiger charge is 2.63. The Kier molecular flexibility index (Phi) is 4.01. The van der Waals surface area contributed by atoms with E-state index in [0.717, 1.165) is 19.3 Å². The average molecular weight is 330 g/mol. The van der Waals surface area contributed by atoms with Gasteiger partial charge in [-0.25, -0.2) is 4.79 Å². The number of hydrogen-bond donors (Lipinski definition) is 4. The molecule has 3 aliphatic rings. The molecular weight excluding hydrogens is 304 g/mol. The number of aliphatic carboxylic acids is 1. The van der Waals surface area contributed by atoms with Crippen LogP contribution in [0.15, 0.2) is 0 Å². The number of carbonyl (C=O) groups is 1. The van der Waals surface area contributed by atoms with Crippen LogP contribution in [0.2, 0.25) is 0 Å². The molecule has 0 aromatic heterocycles. The van der Waals surface area contributed by atoms with E-state index in [1.165, 1.54) is 0 Å². The molecular formula is C16H26O7. The summed E-state index contributed by atoms with van der Waals surface area (Å²) < 4.78 is 11.2. The van der Waals surface area contributed by atoms with E-state index in [1.54, 1.807) is 0 Å². The maximum Gasteiger partial charge on any atom is 0.335 e. The number of fused-ring (bicyclic) bond motifs is 2. The van der Waals surface area contributed by atoms with Crippen LogP contribution in [-0.4, -0.2) is 63.2 Å². The Morgan fingerprint density at radius 2 is 1.78 bits per heavy atom. The number of aliphatic hydroxyl groups is 3. The van der Waals surface area contributed by atoms with Gasteiger partial charge in [0.05, 0.1) is 6.10 Å². The van der Waals surface area contributed by atoms with E-state index < -0.39 is 36.7 Å². The third-order valence-corrected chi connectivity index (χ3v) is 6.83. The molecule has 23 heavy (non-hydrogen) atoms. The van der Waals surface area contributed by atoms with Gasteiger partial charge in [-0.15, -0.1) is 0 Å². The minimum absolute atomic E-state index is 0.0829. The molecule has 2 bridgehead atoms. The highest BCUT2D eigenvalue weighted by molar-refractivity contribution is 5.73. The first-order chi connectivity index (χ1) is 10.6. The molecule has 0 amide bonds. The van der Waals surface area contributed by atoms with Gasteiger partial charge in [0.2, 0.25) is 0 Å². The number of aliphatic hydroxyl groups excluding tert-OH is 3. The number of ether oxygens (including phenoxy) is 2. The minimum atomic E-state index is -1.69. The monoisotopic (exact) mass is 330 g/mol. The molecule has 3 fully saturated rings. The van der Waals surface area contributed by atoms with Crippen LogP contribution < -0.4 is 0 Å². The zero-order valence-electron chi connectivity index (χ0n) is 13.7. The summed E-state index contributed by atoms with van der Waals surface area (Å²) in [5, 5.41) is 38.8. The Morgan fingerprint density at radius 3 is 2.26 bits per heavy atom. The molecule has 0 radical (unpaired) electrons. The molecule has 0 aromatic carbocycles. The molecule has 1 heterocycles. The lowest BCUT2D eigenvalue weighted by atomic mass is 9.70. The number of rotatable bonds is 3. The molecule has 0 unspecified atom stereocenters. The van der Waals surface area contributed by atoms with Gasteiger partial charge in [-0.3, -0.25) is 0 Å². The molecule has 0 aromatic rings. The van der Waals surface area contributed by atoms with Gasteiger partial charge in [-0.1, -0.05) is 20.8 Å². The van der Waals surface area contributed by atoms with E-state index in [-0.39, 0.29) is 16.9 Å². The maximum absolute atomic E-state index is 11.2. The Bertz CT molecular complexity index is 493. The third kappa shape index (κ3) is 2.33. The summed E-state index contributed by atoms with van der Waals surface area (Å²) in [7, 11) is 0. The molecule has 0 spiro atoms. The van der Waals surface area contributed by atoms with Crippen LogP contribution in [0.3, 0.4) is 0 Å². The SMILES string of the molecule is CC1(C)[C@H]2CC[C@]1(C)[C@H](O[C@@H]1O[C@@H](C(=O)O)[C@@H](O)[C@@H](O)[C@H]1O)C2. The Hall–Kier alpha value is -0.730. The van der Waals surface area contributed by atoms with Crippen LogP contribution in [0.4, 0.5) is 0 Å². The largest absolute Gasteiger partial charge is 0.479 e. The summed E-state index contributed by atoms with van der Waals surface area (Å²) in [6.07, 6.45) is -4.86. The van der Waals surface area contributed by atoms with Crippen LogP contribution in [-0.2, 0) is 14.3 Å². The second kappa shape index (κ2) is 5.39. The summed E-state index contributed by atoms with van der Waals surface area (Å²) in [6.45, 7) is 6.58. The summed E-state index contributed by atoms with van der Waals surface area (Å²) in [5.41, 5.74) is 0.0160. The van der Waals surface area contributed by atoms with Gasteiger partial charge in [0.25, 0.3) is 0 Å². The van der Waals surface area contributed by atoms with E-state index in [4.69, 9.17) is 14.6 Å². The predicted molar refractivity (Wildman–Crippen MR) is 78.4 cm³/mol. The van der Waals surface area contributed by atoms with Crippen LogP contribution in [0.25, 0.3) is 0 Å². The fourth-order valence-electron chi connectivity index (χ4n) is 4.66. The first kappa shape index (κ1) is 17.1. The molecule has 1 aliphatic heterocycles. The van der Waals surface area contributed by atoms with Crippen molar-refractivity contribution in [3.63, 3.8) is 0 Å². The molecule has 4 N–H and O–H groups in total. The Morgan fingerprint density at radius 1 is 1.13 bits per heavy atom. The van der Waals surface area contributed by atoms with Gasteiger partial charge in [-0.05, 0) is 36.0 Å². The van der Waals surface area contributed by atoms with Gasteiger partial charge in [0.1, 0.15) is 18.3 Å². The fraction of sp³-hybridized carbons (Fsp3) is 0.938. The van der Waals surface area contributed by atoms with Crippen molar-refractivity contribution in [2.45, 2.75) is 76.8 Å². The van der Waals surface area contributed by atoms with E-state index in [0.29, 0.717) is 5.92 Å². The van der Waals surface area contributed by atoms with Gasteiger partial charge < -0.3 is 29.9 Å². The van der Waals surface area contributed by atoms with Crippen LogP contribution in [0, 0.1) is 16.7 Å². The van der Waals surface area contributed by atoms with E-state index >= 15 is 0 Å². The molecule has 7 heteroatoms. The number of carboxylic acids is 1. The van der Waals surface area contributed by atoms with Crippen molar-refractivity contribution in [2.24, 2.45) is 16.7 Å². The first-order valence-corrected chi connectivity index (χ1v) is 8.17. The van der Waals surface area contributed by atoms with Gasteiger partial charge in [0, 0.05) is 0 Å². The highest BCUT2D eigenvalue weighted by atomic mass is 16.7. The summed E-state index contributed by atoms with van der Waals surface area (Å²) in [4.78, 5) is 11.2. The van der Waals surface area contributed by atoms with Crippen molar-refractivity contribution >= 4 is 5.97 Å². The number of hydrogen-bond acceptors (Lipinski definition) is 6. The molecule has 2 aliphatic carbocycles. The van der Waals surface area contributed by atoms with Gasteiger partial charge >= 0.3 is 5.97 Å². The zero-order chi connectivity index (χ0) is 17.2. The molecule has 2 saturated carbocycles. The first-order valence-electron chi connectivity index (χ1n) is 8.17. The van der Waals surface area contributed by atoms with E-state index in [1.807, 2.05) is 0 Å². The highest BCUT2D eigenvalue weighted by Crippen LogP contribution is 2.66. The lowest BCUT2D eigenvalue weighted by Crippen LogP contribution is -2.61. The summed E-state index contributed by atoms with van der Waals surface area (Å²) in [6, 6.07) is 0. The smallest absolute Gasteiger partial charge is 0.335 e.